The van der Waals surface area contributed by atoms with Gasteiger partial charge in [0.05, 0.1) is 22.2 Å². The van der Waals surface area contributed by atoms with Gasteiger partial charge in [-0.3, -0.25) is 9.59 Å². The molecule has 176 valence electrons. The Hall–Kier alpha value is -2.22. The normalized spacial score (nSPS) is 18.3. The Kier molecular flexibility index (Phi) is 6.91. The number of alkyl halides is 2. The topological polar surface area (TPSA) is 84.2 Å². The van der Waals surface area contributed by atoms with Gasteiger partial charge < -0.3 is 16.4 Å². The van der Waals surface area contributed by atoms with Crippen LogP contribution in [-0.2, 0) is 4.79 Å². The zero-order valence-electron chi connectivity index (χ0n) is 17.0. The second-order valence-electron chi connectivity index (χ2n) is 7.71. The molecular weight excluding hydrogens is 547 g/mol. The monoisotopic (exact) mass is 559 g/mol. The summed E-state index contributed by atoms with van der Waals surface area (Å²) in [4.78, 5) is 25.6. The smallest absolute Gasteiger partial charge is 0.257 e. The van der Waals surface area contributed by atoms with E-state index in [1.807, 2.05) is 0 Å². The molecule has 3 aromatic rings. The molecule has 1 fully saturated rings. The van der Waals surface area contributed by atoms with Crippen molar-refractivity contribution in [3.05, 3.63) is 86.6 Å². The van der Waals surface area contributed by atoms with Crippen LogP contribution in [0.4, 0.5) is 21.5 Å². The van der Waals surface area contributed by atoms with E-state index < -0.39 is 33.8 Å². The molecule has 0 spiro atoms. The minimum absolute atomic E-state index is 0.0474. The number of nitrogen functional groups attached to an aromatic ring is 1. The van der Waals surface area contributed by atoms with Crippen molar-refractivity contribution in [1.82, 2.24) is 0 Å². The molecule has 5 nitrogen and oxygen atoms in total. The summed E-state index contributed by atoms with van der Waals surface area (Å²) in [5, 5.41) is 6.16. The summed E-state index contributed by atoms with van der Waals surface area (Å²) < 4.78 is 12.3. The Morgan fingerprint density at radius 2 is 1.50 bits per heavy atom. The maximum Gasteiger partial charge on any atom is 0.257 e. The SMILES string of the molecule is Nc1ccc(NC(=O)c2cc(NC(=O)C3C(c4cc(Cl)cc(Cl)c4)C3(Cl)Cl)ccc2Cl)cc1F. The Morgan fingerprint density at radius 3 is 2.15 bits per heavy atom. The van der Waals surface area contributed by atoms with Crippen molar-refractivity contribution in [1.29, 1.82) is 0 Å². The molecule has 0 bridgehead atoms. The molecule has 2 unspecified atom stereocenters. The number of amides is 2. The highest BCUT2D eigenvalue weighted by molar-refractivity contribution is 6.53. The average Bonchev–Trinajstić information content (AvgIpc) is 3.33. The van der Waals surface area contributed by atoms with Gasteiger partial charge in [-0.25, -0.2) is 4.39 Å². The first-order valence-electron chi connectivity index (χ1n) is 9.78. The third-order valence-electron chi connectivity index (χ3n) is 5.32. The predicted octanol–water partition coefficient (Wildman–Crippen LogP) is 7.15. The minimum Gasteiger partial charge on any atom is -0.396 e. The van der Waals surface area contributed by atoms with Crippen molar-refractivity contribution < 1.29 is 14.0 Å². The van der Waals surface area contributed by atoms with Crippen molar-refractivity contribution >= 4 is 86.9 Å². The standard InChI is InChI=1S/C23H15Cl5FN3O2/c24-11-5-10(6-12(25)7-11)19-20(23(19,27)28)22(34)32-13-1-3-16(26)15(8-13)21(33)31-14-2-4-18(30)17(29)9-14/h1-9,19-20H,30H2,(H,31,33)(H,32,34). The molecule has 34 heavy (non-hydrogen) atoms. The molecule has 4 N–H and O–H groups in total. The van der Waals surface area contributed by atoms with Gasteiger partial charge in [-0.15, -0.1) is 23.2 Å². The molecule has 2 amide bonds. The Bertz CT molecular complexity index is 1300. The number of benzene rings is 3. The number of hydrogen-bond acceptors (Lipinski definition) is 3. The van der Waals surface area contributed by atoms with E-state index in [-0.39, 0.29) is 22.0 Å². The summed E-state index contributed by atoms with van der Waals surface area (Å²) in [6.07, 6.45) is 0. The fourth-order valence-electron chi connectivity index (χ4n) is 3.62. The summed E-state index contributed by atoms with van der Waals surface area (Å²) in [6.45, 7) is 0. The molecule has 4 rings (SSSR count). The van der Waals surface area contributed by atoms with Crippen LogP contribution in [0, 0.1) is 11.7 Å². The second-order valence-corrected chi connectivity index (χ2v) is 10.4. The van der Waals surface area contributed by atoms with E-state index in [4.69, 9.17) is 63.7 Å². The van der Waals surface area contributed by atoms with Crippen LogP contribution in [0.2, 0.25) is 15.1 Å². The zero-order chi connectivity index (χ0) is 24.8. The summed E-state index contributed by atoms with van der Waals surface area (Å²) in [7, 11) is 0. The van der Waals surface area contributed by atoms with Crippen LogP contribution in [0.25, 0.3) is 0 Å². The zero-order valence-corrected chi connectivity index (χ0v) is 20.8. The van der Waals surface area contributed by atoms with E-state index in [0.717, 1.165) is 6.07 Å². The molecule has 3 aromatic carbocycles. The van der Waals surface area contributed by atoms with Crippen LogP contribution >= 0.6 is 58.0 Å². The Labute approximate surface area is 219 Å². The number of rotatable bonds is 5. The molecule has 0 radical (unpaired) electrons. The molecule has 0 heterocycles. The number of hydrogen-bond donors (Lipinski definition) is 3. The van der Waals surface area contributed by atoms with Gasteiger partial charge >= 0.3 is 0 Å². The molecule has 1 aliphatic rings. The van der Waals surface area contributed by atoms with E-state index in [0.29, 0.717) is 21.3 Å². The van der Waals surface area contributed by atoms with Crippen LogP contribution in [0.3, 0.4) is 0 Å². The number of nitrogens with two attached hydrogens (primary N) is 1. The van der Waals surface area contributed by atoms with E-state index in [2.05, 4.69) is 10.6 Å². The summed E-state index contributed by atoms with van der Waals surface area (Å²) in [6, 6.07) is 13.1. The highest BCUT2D eigenvalue weighted by atomic mass is 35.5. The Balaban J connectivity index is 1.51. The number of carbonyl (C=O) groups is 2. The van der Waals surface area contributed by atoms with Gasteiger partial charge in [0.2, 0.25) is 5.91 Å². The van der Waals surface area contributed by atoms with Crippen molar-refractivity contribution in [3.63, 3.8) is 0 Å². The first-order valence-corrected chi connectivity index (χ1v) is 11.7. The molecule has 1 saturated carbocycles. The van der Waals surface area contributed by atoms with Gasteiger partial charge in [-0.05, 0) is 60.2 Å². The highest BCUT2D eigenvalue weighted by Gasteiger charge is 2.67. The summed E-state index contributed by atoms with van der Waals surface area (Å²) >= 11 is 31.1. The number of nitrogens with one attached hydrogen (secondary N) is 2. The molecular formula is C23H15Cl5FN3O2. The molecule has 0 saturated heterocycles. The fourth-order valence-corrected chi connectivity index (χ4v) is 5.20. The van der Waals surface area contributed by atoms with Gasteiger partial charge in [-0.2, -0.15) is 0 Å². The van der Waals surface area contributed by atoms with E-state index in [1.165, 1.54) is 30.3 Å². The second kappa shape index (κ2) is 9.44. The predicted molar refractivity (Wildman–Crippen MR) is 136 cm³/mol. The van der Waals surface area contributed by atoms with Crippen LogP contribution in [0.5, 0.6) is 0 Å². The summed E-state index contributed by atoms with van der Waals surface area (Å²) in [5.74, 6) is -3.04. The molecule has 1 aliphatic carbocycles. The summed E-state index contributed by atoms with van der Waals surface area (Å²) in [5.41, 5.74) is 6.59. The van der Waals surface area contributed by atoms with E-state index >= 15 is 0 Å². The molecule has 0 aromatic heterocycles. The average molecular weight is 562 g/mol. The van der Waals surface area contributed by atoms with Crippen LogP contribution in [0.15, 0.2) is 54.6 Å². The fraction of sp³-hybridized carbons (Fsp3) is 0.130. The quantitative estimate of drug-likeness (QED) is 0.229. The van der Waals surface area contributed by atoms with Crippen LogP contribution in [0.1, 0.15) is 21.8 Å². The first-order chi connectivity index (χ1) is 16.0. The lowest BCUT2D eigenvalue weighted by atomic mass is 10.1. The highest BCUT2D eigenvalue weighted by Crippen LogP contribution is 2.65. The molecule has 2 atom stereocenters. The number of carbonyl (C=O) groups excluding carboxylic acids is 2. The Morgan fingerprint density at radius 1 is 0.882 bits per heavy atom. The van der Waals surface area contributed by atoms with E-state index in [1.54, 1.807) is 18.2 Å². The first kappa shape index (κ1) is 24.9. The lowest BCUT2D eigenvalue weighted by Gasteiger charge is -2.11. The lowest BCUT2D eigenvalue weighted by Crippen LogP contribution is -2.18. The van der Waals surface area contributed by atoms with Gasteiger partial charge in [-0.1, -0.05) is 34.8 Å². The minimum atomic E-state index is -1.36. The third-order valence-corrected chi connectivity index (χ3v) is 7.02. The number of anilines is 3. The van der Waals surface area contributed by atoms with Crippen molar-refractivity contribution in [2.24, 2.45) is 5.92 Å². The van der Waals surface area contributed by atoms with Gasteiger partial charge in [0.25, 0.3) is 5.91 Å². The third kappa shape index (κ3) is 5.07. The van der Waals surface area contributed by atoms with Gasteiger partial charge in [0.15, 0.2) is 0 Å². The maximum absolute atomic E-state index is 13.7. The molecule has 0 aliphatic heterocycles. The van der Waals surface area contributed by atoms with Gasteiger partial charge in [0, 0.05) is 27.3 Å². The van der Waals surface area contributed by atoms with Crippen LogP contribution < -0.4 is 16.4 Å². The number of halogens is 6. The van der Waals surface area contributed by atoms with Gasteiger partial charge in [0.1, 0.15) is 10.2 Å². The largest absolute Gasteiger partial charge is 0.396 e. The maximum atomic E-state index is 13.7. The van der Waals surface area contributed by atoms with E-state index in [9.17, 15) is 14.0 Å². The molecule has 11 heteroatoms. The van der Waals surface area contributed by atoms with Crippen molar-refractivity contribution in [2.75, 3.05) is 16.4 Å². The van der Waals surface area contributed by atoms with Crippen molar-refractivity contribution in [2.45, 2.75) is 10.3 Å². The van der Waals surface area contributed by atoms with Crippen molar-refractivity contribution in [3.8, 4) is 0 Å². The lowest BCUT2D eigenvalue weighted by molar-refractivity contribution is -0.117. The van der Waals surface area contributed by atoms with Crippen LogP contribution in [-0.4, -0.2) is 16.1 Å².